The van der Waals surface area contributed by atoms with Gasteiger partial charge in [0.2, 0.25) is 0 Å². The van der Waals surface area contributed by atoms with Gasteiger partial charge in [0.15, 0.2) is 11.8 Å². The molecule has 0 saturated carbocycles. The highest BCUT2D eigenvalue weighted by Crippen LogP contribution is 2.35. The van der Waals surface area contributed by atoms with Gasteiger partial charge in [0.05, 0.1) is 24.6 Å². The van der Waals surface area contributed by atoms with Gasteiger partial charge in [-0.1, -0.05) is 35.3 Å². The van der Waals surface area contributed by atoms with Crippen molar-refractivity contribution in [2.24, 2.45) is 0 Å². The number of carbonyl (C=O) groups excluding carboxylic acids is 1. The van der Waals surface area contributed by atoms with E-state index in [1.807, 2.05) is 0 Å². The van der Waals surface area contributed by atoms with Crippen molar-refractivity contribution in [1.82, 2.24) is 19.4 Å². The predicted molar refractivity (Wildman–Crippen MR) is 120 cm³/mol. The Morgan fingerprint density at radius 3 is 2.44 bits per heavy atom. The molecule has 34 heavy (non-hydrogen) atoms. The summed E-state index contributed by atoms with van der Waals surface area (Å²) in [7, 11) is 0. The third kappa shape index (κ3) is 4.94. The van der Waals surface area contributed by atoms with E-state index in [0.717, 1.165) is 4.90 Å². The summed E-state index contributed by atoms with van der Waals surface area (Å²) < 4.78 is 52.0. The lowest BCUT2D eigenvalue weighted by molar-refractivity contribution is -0.242. The molecule has 3 aromatic rings. The molecule has 0 radical (unpaired) electrons. The molecule has 2 atom stereocenters. The van der Waals surface area contributed by atoms with Gasteiger partial charge in [-0.15, -0.1) is 0 Å². The molecular weight excluding hydrogens is 496 g/mol. The molecule has 12 heteroatoms. The molecule has 1 saturated heterocycles. The van der Waals surface area contributed by atoms with Crippen molar-refractivity contribution in [3.8, 4) is 5.69 Å². The van der Waals surface area contributed by atoms with Gasteiger partial charge >= 0.3 is 12.3 Å². The number of nitrogens with zero attached hydrogens (tertiary/aromatic N) is 4. The molecule has 1 aliphatic rings. The SMILES string of the molecule is CC(C)(C)OC(=O)N1C[C@H](C(F)(F)F)OC[C@H]1c1ccc(-n2c(Cl)cc3c(Cl)ncnc32)cc1. The first-order valence-corrected chi connectivity index (χ1v) is 11.1. The number of hydrogen-bond acceptors (Lipinski definition) is 5. The first kappa shape index (κ1) is 24.6. The van der Waals surface area contributed by atoms with E-state index in [1.165, 1.54) is 6.33 Å². The van der Waals surface area contributed by atoms with Crippen LogP contribution >= 0.6 is 23.2 Å². The largest absolute Gasteiger partial charge is 0.444 e. The molecule has 1 aromatic carbocycles. The second-order valence-electron chi connectivity index (χ2n) is 8.81. The van der Waals surface area contributed by atoms with Gasteiger partial charge in [-0.3, -0.25) is 9.47 Å². The van der Waals surface area contributed by atoms with E-state index in [-0.39, 0.29) is 11.8 Å². The summed E-state index contributed by atoms with van der Waals surface area (Å²) in [6, 6.07) is 7.71. The monoisotopic (exact) mass is 516 g/mol. The fourth-order valence-electron chi connectivity index (χ4n) is 3.70. The van der Waals surface area contributed by atoms with E-state index < -0.39 is 36.6 Å². The van der Waals surface area contributed by atoms with Gasteiger partial charge in [0, 0.05) is 5.69 Å². The highest BCUT2D eigenvalue weighted by molar-refractivity contribution is 6.36. The van der Waals surface area contributed by atoms with Gasteiger partial charge < -0.3 is 9.47 Å². The Bertz CT molecular complexity index is 1210. The summed E-state index contributed by atoms with van der Waals surface area (Å²) in [5.41, 5.74) is 0.859. The highest BCUT2D eigenvalue weighted by atomic mass is 35.5. The van der Waals surface area contributed by atoms with E-state index >= 15 is 0 Å². The maximum absolute atomic E-state index is 13.3. The van der Waals surface area contributed by atoms with Crippen LogP contribution in [0, 0.1) is 0 Å². The Balaban J connectivity index is 1.66. The lowest BCUT2D eigenvalue weighted by atomic mass is 10.0. The van der Waals surface area contributed by atoms with Crippen LogP contribution in [0.1, 0.15) is 32.4 Å². The first-order valence-electron chi connectivity index (χ1n) is 10.3. The lowest BCUT2D eigenvalue weighted by Crippen LogP contribution is -2.53. The second-order valence-corrected chi connectivity index (χ2v) is 9.55. The number of ether oxygens (including phenoxy) is 2. The Labute approximate surface area is 203 Å². The minimum atomic E-state index is -4.61. The number of fused-ring (bicyclic) bond motifs is 1. The number of morpholine rings is 1. The number of benzene rings is 1. The molecule has 1 aliphatic heterocycles. The fraction of sp³-hybridized carbons (Fsp3) is 0.409. The van der Waals surface area contributed by atoms with Gasteiger partial charge in [-0.25, -0.2) is 14.8 Å². The number of carbonyl (C=O) groups is 1. The average molecular weight is 517 g/mol. The summed E-state index contributed by atoms with van der Waals surface area (Å²) in [6.07, 6.45) is -6.22. The van der Waals surface area contributed by atoms with Crippen molar-refractivity contribution in [3.05, 3.63) is 52.5 Å². The van der Waals surface area contributed by atoms with Crippen molar-refractivity contribution in [3.63, 3.8) is 0 Å². The predicted octanol–water partition coefficient (Wildman–Crippen LogP) is 5.97. The number of hydrogen-bond donors (Lipinski definition) is 0. The fourth-order valence-corrected chi connectivity index (χ4v) is 4.17. The Hall–Kier alpha value is -2.56. The molecule has 0 unspecified atom stereocenters. The van der Waals surface area contributed by atoms with Gasteiger partial charge in [0.25, 0.3) is 0 Å². The standard InChI is InChI=1S/C22H21Cl2F3N4O3/c1-21(2,3)34-20(32)30-9-16(22(25,26)27)33-10-15(30)12-4-6-13(7-5-12)31-17(23)8-14-18(24)28-11-29-19(14)31/h4-8,11,15-16H,9-10H2,1-3H3/t15-,16+/m0/s1. The minimum absolute atomic E-state index is 0.258. The molecule has 4 rings (SSSR count). The quantitative estimate of drug-likeness (QED) is 0.392. The molecule has 1 fully saturated rings. The van der Waals surface area contributed by atoms with Crippen LogP contribution in [0.25, 0.3) is 16.7 Å². The lowest BCUT2D eigenvalue weighted by Gasteiger charge is -2.40. The molecule has 182 valence electrons. The van der Waals surface area contributed by atoms with Crippen LogP contribution < -0.4 is 0 Å². The zero-order valence-corrected chi connectivity index (χ0v) is 19.9. The topological polar surface area (TPSA) is 69.5 Å². The van der Waals surface area contributed by atoms with Gasteiger partial charge in [-0.2, -0.15) is 13.2 Å². The molecule has 3 heterocycles. The van der Waals surface area contributed by atoms with E-state index in [2.05, 4.69) is 9.97 Å². The summed E-state index contributed by atoms with van der Waals surface area (Å²) in [4.78, 5) is 22.0. The Morgan fingerprint density at radius 2 is 1.82 bits per heavy atom. The summed E-state index contributed by atoms with van der Waals surface area (Å²) in [6.45, 7) is 3.94. The van der Waals surface area contributed by atoms with Crippen LogP contribution in [0.2, 0.25) is 10.3 Å². The third-order valence-corrected chi connectivity index (χ3v) is 5.81. The van der Waals surface area contributed by atoms with E-state index in [9.17, 15) is 18.0 Å². The number of aromatic nitrogens is 3. The van der Waals surface area contributed by atoms with Crippen LogP contribution in [0.4, 0.5) is 18.0 Å². The maximum atomic E-state index is 13.3. The molecule has 2 aromatic heterocycles. The van der Waals surface area contributed by atoms with Crippen LogP contribution in [0.5, 0.6) is 0 Å². The van der Waals surface area contributed by atoms with Crippen LogP contribution in [-0.2, 0) is 9.47 Å². The van der Waals surface area contributed by atoms with Gasteiger partial charge in [0.1, 0.15) is 22.2 Å². The summed E-state index contributed by atoms with van der Waals surface area (Å²) >= 11 is 12.5. The van der Waals surface area contributed by atoms with Crippen LogP contribution in [0.3, 0.4) is 0 Å². The van der Waals surface area contributed by atoms with E-state index in [0.29, 0.717) is 27.4 Å². The smallest absolute Gasteiger partial charge is 0.416 e. The van der Waals surface area contributed by atoms with Crippen molar-refractivity contribution in [2.75, 3.05) is 13.2 Å². The summed E-state index contributed by atoms with van der Waals surface area (Å²) in [5, 5.41) is 1.19. The van der Waals surface area contributed by atoms with Crippen LogP contribution in [-0.4, -0.2) is 56.6 Å². The normalized spacial score (nSPS) is 19.5. The number of halogens is 5. The minimum Gasteiger partial charge on any atom is -0.444 e. The second kappa shape index (κ2) is 8.90. The van der Waals surface area contributed by atoms with Crippen LogP contribution in [0.15, 0.2) is 36.7 Å². The molecular formula is C22H21Cl2F3N4O3. The zero-order valence-electron chi connectivity index (χ0n) is 18.4. The number of alkyl halides is 3. The van der Waals surface area contributed by atoms with Crippen molar-refractivity contribution in [2.45, 2.75) is 44.7 Å². The molecule has 7 nitrogen and oxygen atoms in total. The van der Waals surface area contributed by atoms with E-state index in [1.54, 1.807) is 55.7 Å². The molecule has 0 spiro atoms. The zero-order chi connectivity index (χ0) is 24.8. The highest BCUT2D eigenvalue weighted by Gasteiger charge is 2.47. The summed E-state index contributed by atoms with van der Waals surface area (Å²) in [5.74, 6) is 0. The van der Waals surface area contributed by atoms with Crippen molar-refractivity contribution >= 4 is 40.3 Å². The first-order chi connectivity index (χ1) is 15.8. The average Bonchev–Trinajstić information content (AvgIpc) is 3.09. The van der Waals surface area contributed by atoms with Crippen molar-refractivity contribution in [1.29, 1.82) is 0 Å². The Morgan fingerprint density at radius 1 is 1.15 bits per heavy atom. The maximum Gasteiger partial charge on any atom is 0.416 e. The Kier molecular flexibility index (Phi) is 6.43. The molecule has 0 aliphatic carbocycles. The molecule has 1 amide bonds. The number of amides is 1. The number of rotatable bonds is 2. The van der Waals surface area contributed by atoms with E-state index in [4.69, 9.17) is 32.7 Å². The molecule has 0 N–H and O–H groups in total. The van der Waals surface area contributed by atoms with Crippen molar-refractivity contribution < 1.29 is 27.4 Å². The van der Waals surface area contributed by atoms with Gasteiger partial charge in [-0.05, 0) is 44.5 Å². The third-order valence-electron chi connectivity index (χ3n) is 5.23. The molecule has 0 bridgehead atoms.